The van der Waals surface area contributed by atoms with Crippen LogP contribution < -0.4 is 0 Å². The van der Waals surface area contributed by atoms with Crippen molar-refractivity contribution in [3.05, 3.63) is 0 Å². The predicted molar refractivity (Wildman–Crippen MR) is 372 cm³/mol. The van der Waals surface area contributed by atoms with Crippen LogP contribution in [0.3, 0.4) is 0 Å². The van der Waals surface area contributed by atoms with E-state index in [1.165, 1.54) is 308 Å². The summed E-state index contributed by atoms with van der Waals surface area (Å²) in [5.41, 5.74) is 0. The van der Waals surface area contributed by atoms with Crippen molar-refractivity contribution >= 4 is 0 Å². The lowest BCUT2D eigenvalue weighted by atomic mass is 9.87. The largest absolute Gasteiger partial charge is 0.0654 e. The van der Waals surface area contributed by atoms with Crippen molar-refractivity contribution in [1.29, 1.82) is 0 Å². The van der Waals surface area contributed by atoms with Crippen molar-refractivity contribution < 1.29 is 0 Å². The molecule has 0 radical (unpaired) electrons. The van der Waals surface area contributed by atoms with Crippen LogP contribution in [0.5, 0.6) is 0 Å². The average molecular weight is 1110 g/mol. The van der Waals surface area contributed by atoms with E-state index in [9.17, 15) is 0 Å². The van der Waals surface area contributed by atoms with E-state index in [-0.39, 0.29) is 0 Å². The molecule has 0 aliphatic rings. The summed E-state index contributed by atoms with van der Waals surface area (Å²) in [5.74, 6) is 8.40. The summed E-state index contributed by atoms with van der Waals surface area (Å²) in [7, 11) is 0. The highest BCUT2D eigenvalue weighted by atomic mass is 14.2. The van der Waals surface area contributed by atoms with Crippen molar-refractivity contribution in [2.75, 3.05) is 0 Å². The fourth-order valence-corrected chi connectivity index (χ4v) is 11.2. The summed E-state index contributed by atoms with van der Waals surface area (Å²) in [6.07, 6.45) is 69.0. The van der Waals surface area contributed by atoms with Gasteiger partial charge in [-0.05, 0) is 72.5 Å². The van der Waals surface area contributed by atoms with Crippen LogP contribution in [0.15, 0.2) is 0 Å². The lowest BCUT2D eigenvalue weighted by molar-refractivity contribution is 0.339. The molecule has 0 nitrogen and oxygen atoms in total. The zero-order valence-electron chi connectivity index (χ0n) is 60.1. The van der Waals surface area contributed by atoms with Gasteiger partial charge in [0.15, 0.2) is 0 Å². The first-order chi connectivity index (χ1) is 37.4. The summed E-state index contributed by atoms with van der Waals surface area (Å²) in [6, 6.07) is 0. The fourth-order valence-electron chi connectivity index (χ4n) is 11.2. The van der Waals surface area contributed by atoms with Crippen LogP contribution in [0, 0.1) is 53.3 Å². The molecule has 0 aliphatic heterocycles. The first-order valence-electron chi connectivity index (χ1n) is 37.4. The Morgan fingerprint density at radius 2 is 0.321 bits per heavy atom. The molecule has 0 saturated heterocycles. The highest BCUT2D eigenvalue weighted by Gasteiger charge is 2.12. The molecule has 3 unspecified atom stereocenters. The van der Waals surface area contributed by atoms with E-state index in [1.807, 2.05) is 0 Å². The Hall–Kier alpha value is 0. The van der Waals surface area contributed by atoms with E-state index in [0.29, 0.717) is 0 Å². The molecule has 0 aromatic carbocycles. The molecule has 0 heterocycles. The van der Waals surface area contributed by atoms with Crippen LogP contribution in [0.25, 0.3) is 0 Å². The third-order valence-corrected chi connectivity index (χ3v) is 16.2. The smallest absolute Gasteiger partial charge is 0.0412 e. The molecule has 0 aliphatic carbocycles. The molecule has 0 fully saturated rings. The first kappa shape index (κ1) is 89.2. The summed E-state index contributed by atoms with van der Waals surface area (Å²) in [5, 5.41) is 0. The molecule has 0 aromatic heterocycles. The molecule has 3 atom stereocenters. The van der Waals surface area contributed by atoms with Gasteiger partial charge in [0.05, 0.1) is 0 Å². The van der Waals surface area contributed by atoms with Gasteiger partial charge < -0.3 is 0 Å². The Kier molecular flexibility index (Phi) is 90.4. The van der Waals surface area contributed by atoms with Gasteiger partial charge >= 0.3 is 0 Å². The number of rotatable bonds is 51. The summed E-state index contributed by atoms with van der Waals surface area (Å²) >= 11 is 0. The van der Waals surface area contributed by atoms with E-state index in [4.69, 9.17) is 0 Å². The maximum absolute atomic E-state index is 2.39. The lowest BCUT2D eigenvalue weighted by Crippen LogP contribution is -2.05. The predicted octanol–water partition coefficient (Wildman–Crippen LogP) is 30.6. The van der Waals surface area contributed by atoms with Crippen LogP contribution in [0.1, 0.15) is 454 Å². The Morgan fingerprint density at radius 3 is 0.526 bits per heavy atom. The van der Waals surface area contributed by atoms with Crippen LogP contribution in [0.2, 0.25) is 0 Å². The van der Waals surface area contributed by atoms with E-state index >= 15 is 0 Å². The van der Waals surface area contributed by atoms with Gasteiger partial charge in [0, 0.05) is 0 Å². The normalized spacial score (nSPS) is 12.3. The monoisotopic (exact) mass is 1110 g/mol. The summed E-state index contributed by atoms with van der Waals surface area (Å²) < 4.78 is 0. The lowest BCUT2D eigenvalue weighted by Gasteiger charge is -2.19. The molecule has 480 valence electrons. The second kappa shape index (κ2) is 79.1. The zero-order valence-corrected chi connectivity index (χ0v) is 60.1. The summed E-state index contributed by atoms with van der Waals surface area (Å²) in [6.45, 7) is 48.7. The maximum Gasteiger partial charge on any atom is -0.0412 e. The van der Waals surface area contributed by atoms with Crippen LogP contribution >= 0.6 is 0 Å². The molecule has 0 aromatic rings. The van der Waals surface area contributed by atoms with Gasteiger partial charge in [-0.3, -0.25) is 0 Å². The number of hydrogen-bond acceptors (Lipinski definition) is 0. The van der Waals surface area contributed by atoms with Crippen LogP contribution in [-0.4, -0.2) is 0 Å². The SMILES string of the molecule is CCCCC(CC)CC(C)C.CCCCCCC(C)C.CCCCCCC(CCCC)CC(C)C.CCCCCCCCC(C)C.CCCCCCCCC(CCCCCC)CC(C)C.CCCCCCCCCCC(C)C. The van der Waals surface area contributed by atoms with Gasteiger partial charge in [-0.25, -0.2) is 0 Å². The highest BCUT2D eigenvalue weighted by Crippen LogP contribution is 2.26. The second-order valence-corrected chi connectivity index (χ2v) is 28.3. The van der Waals surface area contributed by atoms with Crippen molar-refractivity contribution in [1.82, 2.24) is 0 Å². The van der Waals surface area contributed by atoms with Crippen LogP contribution in [-0.2, 0) is 0 Å². The molecular weight excluding hydrogens is 937 g/mol. The van der Waals surface area contributed by atoms with Crippen molar-refractivity contribution in [3.8, 4) is 0 Å². The minimum atomic E-state index is 0.885. The summed E-state index contributed by atoms with van der Waals surface area (Å²) in [4.78, 5) is 0. The van der Waals surface area contributed by atoms with Gasteiger partial charge in [-0.1, -0.05) is 434 Å². The molecule has 0 saturated carbocycles. The van der Waals surface area contributed by atoms with Gasteiger partial charge in [0.2, 0.25) is 0 Å². The number of unbranched alkanes of at least 4 members (excludes halogenated alkanes) is 28. The topological polar surface area (TPSA) is 0 Å². The third-order valence-electron chi connectivity index (χ3n) is 16.2. The van der Waals surface area contributed by atoms with Gasteiger partial charge in [-0.15, -0.1) is 0 Å². The van der Waals surface area contributed by atoms with Crippen molar-refractivity contribution in [2.24, 2.45) is 53.3 Å². The molecule has 0 rings (SSSR count). The van der Waals surface area contributed by atoms with Gasteiger partial charge in [0.25, 0.3) is 0 Å². The average Bonchev–Trinajstić information content (AvgIpc) is 3.39. The second-order valence-electron chi connectivity index (χ2n) is 28.3. The molecule has 0 bridgehead atoms. The van der Waals surface area contributed by atoms with Crippen molar-refractivity contribution in [3.63, 3.8) is 0 Å². The van der Waals surface area contributed by atoms with Gasteiger partial charge in [0.1, 0.15) is 0 Å². The first-order valence-corrected chi connectivity index (χ1v) is 37.4. The zero-order chi connectivity index (χ0) is 60.1. The molecule has 0 amide bonds. The highest BCUT2D eigenvalue weighted by molar-refractivity contribution is 4.65. The van der Waals surface area contributed by atoms with Crippen molar-refractivity contribution in [2.45, 2.75) is 454 Å². The minimum Gasteiger partial charge on any atom is -0.0654 e. The standard InChI is InChI=1S/C19H40.C15H32.C13H28.2C11H24.C9H20/c1-5-7-9-11-12-14-16-19(17-18(3)4)15-13-10-8-6-2;1-5-7-9-10-12-15(11-8-6-2)13-14(3)4;1-4-5-6-7-8-9-10-11-12-13(2)3;1-5-7-8-11(6-2)9-10(3)4;1-4-5-6-7-8-9-10-11(2)3;1-4-5-6-7-8-9(2)3/h18-19H,5-17H2,1-4H3;14-15H,5-13H2,1-4H3;13H,4-12H2,1-3H3;10-11H,5-9H2,1-4H3;11H,4-10H2,1-3H3;9H,4-8H2,1-3H3. The van der Waals surface area contributed by atoms with E-state index in [0.717, 1.165) is 53.3 Å². The van der Waals surface area contributed by atoms with E-state index in [2.05, 4.69) is 145 Å². The Morgan fingerprint density at radius 1 is 0.154 bits per heavy atom. The molecule has 0 N–H and O–H groups in total. The van der Waals surface area contributed by atoms with E-state index in [1.54, 1.807) is 0 Å². The third kappa shape index (κ3) is 98.1. The quantitative estimate of drug-likeness (QED) is 0.0533. The van der Waals surface area contributed by atoms with Gasteiger partial charge in [-0.2, -0.15) is 0 Å². The minimum absolute atomic E-state index is 0.885. The van der Waals surface area contributed by atoms with E-state index < -0.39 is 0 Å². The van der Waals surface area contributed by atoms with Crippen LogP contribution in [0.4, 0.5) is 0 Å². The molecule has 0 heteroatoms. The fraction of sp³-hybridized carbons (Fsp3) is 1.00. The molecule has 78 heavy (non-hydrogen) atoms. The molecular formula is C78H168. The Balaban J connectivity index is -0.000000203. The molecule has 0 spiro atoms. The maximum atomic E-state index is 2.39. The Labute approximate surface area is 504 Å². The Bertz CT molecular complexity index is 922. The number of hydrogen-bond donors (Lipinski definition) is 0.